The van der Waals surface area contributed by atoms with Gasteiger partial charge in [0.2, 0.25) is 0 Å². The Balaban J connectivity index is 1.37. The molecule has 1 saturated heterocycles. The van der Waals surface area contributed by atoms with Crippen LogP contribution in [0.25, 0.3) is 22.6 Å². The molecule has 1 N–H and O–H groups in total. The molecule has 0 radical (unpaired) electrons. The zero-order chi connectivity index (χ0) is 28.9. The predicted octanol–water partition coefficient (Wildman–Crippen LogP) is 4.29. The monoisotopic (exact) mass is 565 g/mol. The molecule has 1 atom stereocenters. The zero-order valence-corrected chi connectivity index (χ0v) is 22.6. The van der Waals surface area contributed by atoms with Crippen molar-refractivity contribution in [2.24, 2.45) is 0 Å². The molecule has 6 rings (SSSR count). The van der Waals surface area contributed by atoms with Crippen LogP contribution in [0.15, 0.2) is 42.7 Å². The number of amides is 1. The van der Waals surface area contributed by atoms with Crippen LogP contribution in [0.1, 0.15) is 36.7 Å². The molecule has 214 valence electrons. The first-order valence-electron chi connectivity index (χ1n) is 13.5. The molecule has 4 heterocycles. The summed E-state index contributed by atoms with van der Waals surface area (Å²) in [7, 11) is 0. The van der Waals surface area contributed by atoms with Gasteiger partial charge in [-0.05, 0) is 50.5 Å². The Labute approximate surface area is 234 Å². The van der Waals surface area contributed by atoms with E-state index in [4.69, 9.17) is 9.47 Å². The second-order valence-electron chi connectivity index (χ2n) is 10.5. The lowest BCUT2D eigenvalue weighted by molar-refractivity contribution is -0.146. The number of esters is 1. The molecule has 0 bridgehead atoms. The normalized spacial score (nSPS) is 18.0. The summed E-state index contributed by atoms with van der Waals surface area (Å²) in [4.78, 5) is 29.8. The maximum Gasteiger partial charge on any atom is 0.407 e. The maximum atomic E-state index is 15.8. The van der Waals surface area contributed by atoms with Crippen molar-refractivity contribution < 1.29 is 33.0 Å². The molecule has 1 aliphatic heterocycles. The van der Waals surface area contributed by atoms with E-state index in [9.17, 15) is 14.7 Å². The van der Waals surface area contributed by atoms with E-state index < -0.39 is 29.2 Å². The van der Waals surface area contributed by atoms with E-state index in [-0.39, 0.29) is 55.6 Å². The lowest BCUT2D eigenvalue weighted by Gasteiger charge is -2.31. The number of ether oxygens (including phenoxy) is 2. The number of carbonyl (C=O) groups is 2. The number of morpholine rings is 1. The number of carboxylic acid groups (broad SMARTS) is 1. The van der Waals surface area contributed by atoms with Crippen LogP contribution >= 0.6 is 0 Å². The second-order valence-corrected chi connectivity index (χ2v) is 10.5. The molecule has 1 saturated carbocycles. The highest BCUT2D eigenvalue weighted by Crippen LogP contribution is 2.48. The SMILES string of the molecule is CCOC(=O)C1(c2ccn(-c3cc(F)c(-c4nc5cc(C)ccn5c4CC4CN(C(=O)O)CCO4)c(F)c3)n2)CC1. The zero-order valence-electron chi connectivity index (χ0n) is 22.6. The summed E-state index contributed by atoms with van der Waals surface area (Å²) in [5.41, 5.74) is 1.61. The van der Waals surface area contributed by atoms with Crippen molar-refractivity contribution in [2.45, 2.75) is 44.6 Å². The summed E-state index contributed by atoms with van der Waals surface area (Å²) in [6.45, 7) is 4.50. The average molecular weight is 566 g/mol. The van der Waals surface area contributed by atoms with E-state index in [0.717, 1.165) is 5.56 Å². The van der Waals surface area contributed by atoms with Gasteiger partial charge in [0.1, 0.15) is 22.7 Å². The van der Waals surface area contributed by atoms with Gasteiger partial charge in [-0.1, -0.05) is 0 Å². The molecule has 4 aromatic rings. The van der Waals surface area contributed by atoms with Crippen LogP contribution in [0, 0.1) is 18.6 Å². The van der Waals surface area contributed by atoms with Crippen LogP contribution in [0.5, 0.6) is 0 Å². The Hall–Kier alpha value is -4.32. The Morgan fingerprint density at radius 2 is 1.93 bits per heavy atom. The van der Waals surface area contributed by atoms with Crippen molar-refractivity contribution in [2.75, 3.05) is 26.3 Å². The topological polar surface area (TPSA) is 111 Å². The molecule has 3 aromatic heterocycles. The van der Waals surface area contributed by atoms with Gasteiger partial charge in [-0.15, -0.1) is 0 Å². The molecule has 1 amide bonds. The molecule has 2 fully saturated rings. The fraction of sp³-hybridized carbons (Fsp3) is 0.379. The molecular formula is C29H29F2N5O5. The van der Waals surface area contributed by atoms with Gasteiger partial charge in [-0.2, -0.15) is 5.10 Å². The quantitative estimate of drug-likeness (QED) is 0.333. The molecule has 1 unspecified atom stereocenters. The van der Waals surface area contributed by atoms with Crippen LogP contribution < -0.4 is 0 Å². The van der Waals surface area contributed by atoms with Crippen molar-refractivity contribution in [3.63, 3.8) is 0 Å². The molecule has 0 spiro atoms. The largest absolute Gasteiger partial charge is 0.465 e. The van der Waals surface area contributed by atoms with Gasteiger partial charge >= 0.3 is 12.1 Å². The minimum Gasteiger partial charge on any atom is -0.465 e. The average Bonchev–Trinajstić information content (AvgIpc) is 3.47. The number of halogens is 2. The Kier molecular flexibility index (Phi) is 6.72. The summed E-state index contributed by atoms with van der Waals surface area (Å²) in [6.07, 6.45) is 3.20. The Morgan fingerprint density at radius 3 is 2.61 bits per heavy atom. The fourth-order valence-electron chi connectivity index (χ4n) is 5.43. The summed E-state index contributed by atoms with van der Waals surface area (Å²) in [5, 5.41) is 13.9. The number of fused-ring (bicyclic) bond motifs is 1. The van der Waals surface area contributed by atoms with E-state index >= 15 is 8.78 Å². The first kappa shape index (κ1) is 26.9. The highest BCUT2D eigenvalue weighted by atomic mass is 19.1. The molecule has 41 heavy (non-hydrogen) atoms. The van der Waals surface area contributed by atoms with E-state index in [1.54, 1.807) is 29.8 Å². The van der Waals surface area contributed by atoms with Crippen LogP contribution in [0.2, 0.25) is 0 Å². The maximum absolute atomic E-state index is 15.8. The summed E-state index contributed by atoms with van der Waals surface area (Å²) in [6, 6.07) is 7.70. The molecule has 2 aliphatic rings. The number of imidazole rings is 1. The van der Waals surface area contributed by atoms with Gasteiger partial charge in [0, 0.05) is 37.5 Å². The summed E-state index contributed by atoms with van der Waals surface area (Å²) >= 11 is 0. The van der Waals surface area contributed by atoms with Crippen molar-refractivity contribution in [3.8, 4) is 16.9 Å². The van der Waals surface area contributed by atoms with Crippen LogP contribution in [0.3, 0.4) is 0 Å². The van der Waals surface area contributed by atoms with Crippen LogP contribution in [-0.4, -0.2) is 73.6 Å². The smallest absolute Gasteiger partial charge is 0.407 e. The van der Waals surface area contributed by atoms with Gasteiger partial charge in [-0.3, -0.25) is 4.79 Å². The lowest BCUT2D eigenvalue weighted by Crippen LogP contribution is -2.45. The minimum atomic E-state index is -1.04. The lowest BCUT2D eigenvalue weighted by atomic mass is 10.0. The highest BCUT2D eigenvalue weighted by Gasteiger charge is 2.54. The van der Waals surface area contributed by atoms with Crippen LogP contribution in [-0.2, 0) is 26.1 Å². The van der Waals surface area contributed by atoms with Gasteiger partial charge in [0.05, 0.1) is 54.2 Å². The van der Waals surface area contributed by atoms with E-state index in [0.29, 0.717) is 29.9 Å². The third-order valence-corrected chi connectivity index (χ3v) is 7.73. The van der Waals surface area contributed by atoms with E-state index in [1.165, 1.54) is 21.7 Å². The number of hydrogen-bond donors (Lipinski definition) is 1. The highest BCUT2D eigenvalue weighted by molar-refractivity contribution is 5.86. The number of hydrogen-bond acceptors (Lipinski definition) is 6. The number of nitrogens with zero attached hydrogens (tertiary/aromatic N) is 5. The molecule has 10 nitrogen and oxygen atoms in total. The number of aryl methyl sites for hydroxylation is 1. The molecule has 12 heteroatoms. The molecule has 1 aromatic carbocycles. The standard InChI is InChI=1S/C29H29F2N5O5/c1-3-40-27(37)29(6-7-29)23-5-9-36(33-23)18-13-20(30)25(21(31)14-18)26-22(35-8-4-17(2)12-24(35)32-26)15-19-16-34(28(38)39)10-11-41-19/h4-5,8-9,12-14,19H,3,6-7,10-11,15-16H2,1-2H3,(H,38,39). The minimum absolute atomic E-state index is 0.119. The predicted molar refractivity (Wildman–Crippen MR) is 143 cm³/mol. The number of pyridine rings is 1. The Morgan fingerprint density at radius 1 is 1.17 bits per heavy atom. The van der Waals surface area contributed by atoms with Gasteiger partial charge < -0.3 is 23.9 Å². The molecular weight excluding hydrogens is 536 g/mol. The van der Waals surface area contributed by atoms with Crippen molar-refractivity contribution in [3.05, 3.63) is 71.3 Å². The first-order valence-corrected chi connectivity index (χ1v) is 13.5. The van der Waals surface area contributed by atoms with Gasteiger partial charge in [0.15, 0.2) is 0 Å². The number of carbonyl (C=O) groups excluding carboxylic acids is 1. The van der Waals surface area contributed by atoms with Crippen LogP contribution in [0.4, 0.5) is 13.6 Å². The van der Waals surface area contributed by atoms with Crippen molar-refractivity contribution >= 4 is 17.7 Å². The van der Waals surface area contributed by atoms with E-state index in [1.807, 2.05) is 19.1 Å². The first-order chi connectivity index (χ1) is 19.7. The number of aromatic nitrogens is 4. The van der Waals surface area contributed by atoms with Gasteiger partial charge in [0.25, 0.3) is 0 Å². The van der Waals surface area contributed by atoms with E-state index in [2.05, 4.69) is 10.1 Å². The van der Waals surface area contributed by atoms with Gasteiger partial charge in [-0.25, -0.2) is 23.2 Å². The fourth-order valence-corrected chi connectivity index (χ4v) is 5.43. The number of rotatable bonds is 7. The number of benzene rings is 1. The van der Waals surface area contributed by atoms with Crippen molar-refractivity contribution in [1.82, 2.24) is 24.1 Å². The summed E-state index contributed by atoms with van der Waals surface area (Å²) < 4.78 is 45.7. The second kappa shape index (κ2) is 10.3. The molecule has 1 aliphatic carbocycles. The third-order valence-electron chi connectivity index (χ3n) is 7.73. The van der Waals surface area contributed by atoms with Crippen molar-refractivity contribution in [1.29, 1.82) is 0 Å². The third kappa shape index (κ3) is 4.82. The Bertz CT molecular complexity index is 1640. The summed E-state index contributed by atoms with van der Waals surface area (Å²) in [5.74, 6) is -2.01.